The molecule has 18 heavy (non-hydrogen) atoms. The van der Waals surface area contributed by atoms with Crippen LogP contribution < -0.4 is 5.32 Å². The summed E-state index contributed by atoms with van der Waals surface area (Å²) in [6.07, 6.45) is -0.145. The van der Waals surface area contributed by atoms with Crippen LogP contribution in [0.2, 0.25) is 0 Å². The van der Waals surface area contributed by atoms with Gasteiger partial charge in [0.2, 0.25) is 0 Å². The van der Waals surface area contributed by atoms with Gasteiger partial charge in [-0.05, 0) is 32.8 Å². The van der Waals surface area contributed by atoms with Gasteiger partial charge in [-0.15, -0.1) is 0 Å². The van der Waals surface area contributed by atoms with E-state index in [-0.39, 0.29) is 12.6 Å². The monoisotopic (exact) mass is 250 g/mol. The standard InChI is InChI=1S/C14H20NO3/c1-14(2,3)18-13(17)15-12(9-10-16)11-7-5-4-6-8-11/h4-8,12H,9-10H2,1-3H3,(H,15,17). The van der Waals surface area contributed by atoms with Crippen molar-refractivity contribution in [3.8, 4) is 0 Å². The third-order valence-electron chi connectivity index (χ3n) is 2.30. The van der Waals surface area contributed by atoms with E-state index in [1.54, 1.807) is 20.8 Å². The average molecular weight is 250 g/mol. The van der Waals surface area contributed by atoms with Crippen molar-refractivity contribution in [3.05, 3.63) is 35.9 Å². The summed E-state index contributed by atoms with van der Waals surface area (Å²) in [5, 5.41) is 13.5. The number of alkyl carbamates (subject to hydrolysis) is 1. The molecular formula is C14H20NO3. The quantitative estimate of drug-likeness (QED) is 0.892. The molecule has 0 aliphatic carbocycles. The van der Waals surface area contributed by atoms with Crippen LogP contribution in [0.15, 0.2) is 30.3 Å². The summed E-state index contributed by atoms with van der Waals surface area (Å²) >= 11 is 0. The van der Waals surface area contributed by atoms with Gasteiger partial charge in [-0.3, -0.25) is 0 Å². The zero-order chi connectivity index (χ0) is 13.6. The molecule has 99 valence electrons. The molecular weight excluding hydrogens is 230 g/mol. The van der Waals surface area contributed by atoms with Crippen LogP contribution in [0.3, 0.4) is 0 Å². The van der Waals surface area contributed by atoms with Crippen LogP contribution in [0.25, 0.3) is 0 Å². The highest BCUT2D eigenvalue weighted by atomic mass is 16.6. The molecule has 1 unspecified atom stereocenters. The second-order valence-corrected chi connectivity index (χ2v) is 5.10. The maximum Gasteiger partial charge on any atom is 0.408 e. The SMILES string of the molecule is CC(C)(C)OC(=O)NC(CC[O])c1ccccc1. The van der Waals surface area contributed by atoms with Crippen LogP contribution >= 0.6 is 0 Å². The summed E-state index contributed by atoms with van der Waals surface area (Å²) in [7, 11) is 0. The number of nitrogens with one attached hydrogen (secondary N) is 1. The van der Waals surface area contributed by atoms with E-state index in [1.807, 2.05) is 30.3 Å². The van der Waals surface area contributed by atoms with E-state index in [4.69, 9.17) is 4.74 Å². The minimum atomic E-state index is -0.539. The number of hydrogen-bond acceptors (Lipinski definition) is 2. The molecule has 0 bridgehead atoms. The molecule has 0 spiro atoms. The first kappa shape index (κ1) is 14.5. The summed E-state index contributed by atoms with van der Waals surface area (Å²) < 4.78 is 5.18. The number of benzene rings is 1. The first-order chi connectivity index (χ1) is 8.42. The van der Waals surface area contributed by atoms with Crippen LogP contribution in [0.5, 0.6) is 0 Å². The second-order valence-electron chi connectivity index (χ2n) is 5.10. The fourth-order valence-electron chi connectivity index (χ4n) is 1.58. The number of amides is 1. The summed E-state index contributed by atoms with van der Waals surface area (Å²) in [6, 6.07) is 9.13. The molecule has 0 heterocycles. The van der Waals surface area contributed by atoms with Crippen molar-refractivity contribution in [3.63, 3.8) is 0 Å². The Labute approximate surface area is 108 Å². The van der Waals surface area contributed by atoms with Gasteiger partial charge in [-0.1, -0.05) is 30.3 Å². The van der Waals surface area contributed by atoms with Gasteiger partial charge in [0.1, 0.15) is 5.60 Å². The molecule has 0 aromatic heterocycles. The Bertz CT molecular complexity index is 370. The van der Waals surface area contributed by atoms with E-state index in [2.05, 4.69) is 5.32 Å². The predicted molar refractivity (Wildman–Crippen MR) is 68.7 cm³/mol. The lowest BCUT2D eigenvalue weighted by molar-refractivity contribution is 0.0491. The van der Waals surface area contributed by atoms with E-state index >= 15 is 0 Å². The van der Waals surface area contributed by atoms with Gasteiger partial charge in [0, 0.05) is 0 Å². The van der Waals surface area contributed by atoms with E-state index in [0.29, 0.717) is 6.42 Å². The smallest absolute Gasteiger partial charge is 0.408 e. The molecule has 1 aromatic carbocycles. The third kappa shape index (κ3) is 5.19. The maximum absolute atomic E-state index is 11.7. The molecule has 1 rings (SSSR count). The van der Waals surface area contributed by atoms with Crippen LogP contribution in [0, 0.1) is 0 Å². The Morgan fingerprint density at radius 2 is 1.89 bits per heavy atom. The fraction of sp³-hybridized carbons (Fsp3) is 0.500. The molecule has 1 radical (unpaired) electrons. The minimum absolute atomic E-state index is 0.241. The van der Waals surface area contributed by atoms with Crippen LogP contribution in [-0.4, -0.2) is 18.3 Å². The first-order valence-electron chi connectivity index (χ1n) is 6.05. The fourth-order valence-corrected chi connectivity index (χ4v) is 1.58. The van der Waals surface area contributed by atoms with Crippen LogP contribution in [0.4, 0.5) is 4.79 Å². The van der Waals surface area contributed by atoms with Gasteiger partial charge >= 0.3 is 6.09 Å². The van der Waals surface area contributed by atoms with Crippen molar-refractivity contribution in [1.82, 2.24) is 5.32 Å². The van der Waals surface area contributed by atoms with Crippen molar-refractivity contribution in [1.29, 1.82) is 0 Å². The van der Waals surface area contributed by atoms with E-state index < -0.39 is 11.7 Å². The van der Waals surface area contributed by atoms with Crippen LogP contribution in [0.1, 0.15) is 38.8 Å². The molecule has 0 saturated heterocycles. The van der Waals surface area contributed by atoms with Gasteiger partial charge in [0.25, 0.3) is 0 Å². The number of hydrogen-bond donors (Lipinski definition) is 1. The molecule has 1 atom stereocenters. The normalized spacial score (nSPS) is 12.9. The van der Waals surface area contributed by atoms with E-state index in [9.17, 15) is 9.90 Å². The third-order valence-corrected chi connectivity index (χ3v) is 2.30. The second kappa shape index (κ2) is 6.40. The van der Waals surface area contributed by atoms with Gasteiger partial charge in [-0.25, -0.2) is 9.90 Å². The molecule has 1 aromatic rings. The zero-order valence-corrected chi connectivity index (χ0v) is 11.1. The number of carbonyl (C=O) groups is 1. The Balaban J connectivity index is 2.67. The number of carbonyl (C=O) groups excluding carboxylic acids is 1. The molecule has 1 amide bonds. The van der Waals surface area contributed by atoms with Crippen molar-refractivity contribution < 1.29 is 14.6 Å². The topological polar surface area (TPSA) is 58.2 Å². The molecule has 0 fully saturated rings. The molecule has 0 aliphatic heterocycles. The Kier molecular flexibility index (Phi) is 5.16. The molecule has 0 saturated carbocycles. The highest BCUT2D eigenvalue weighted by Gasteiger charge is 2.20. The zero-order valence-electron chi connectivity index (χ0n) is 11.1. The summed E-state index contributed by atoms with van der Waals surface area (Å²) in [4.78, 5) is 11.7. The van der Waals surface area contributed by atoms with Gasteiger partial charge in [-0.2, -0.15) is 0 Å². The lowest BCUT2D eigenvalue weighted by Crippen LogP contribution is -2.35. The largest absolute Gasteiger partial charge is 0.444 e. The van der Waals surface area contributed by atoms with E-state index in [0.717, 1.165) is 5.56 Å². The Morgan fingerprint density at radius 3 is 2.39 bits per heavy atom. The van der Waals surface area contributed by atoms with Crippen LogP contribution in [-0.2, 0) is 9.84 Å². The summed E-state index contributed by atoms with van der Waals surface area (Å²) in [6.45, 7) is 5.17. The summed E-state index contributed by atoms with van der Waals surface area (Å²) in [5.41, 5.74) is 0.377. The van der Waals surface area contributed by atoms with Crippen molar-refractivity contribution >= 4 is 6.09 Å². The van der Waals surface area contributed by atoms with Gasteiger partial charge in [0.05, 0.1) is 12.6 Å². The molecule has 4 heteroatoms. The minimum Gasteiger partial charge on any atom is -0.444 e. The Hall–Kier alpha value is -1.55. The number of ether oxygens (including phenoxy) is 1. The first-order valence-corrected chi connectivity index (χ1v) is 6.05. The predicted octanol–water partition coefficient (Wildman–Crippen LogP) is 3.07. The molecule has 0 aliphatic rings. The van der Waals surface area contributed by atoms with Crippen molar-refractivity contribution in [2.45, 2.75) is 38.8 Å². The van der Waals surface area contributed by atoms with Gasteiger partial charge < -0.3 is 10.1 Å². The van der Waals surface area contributed by atoms with Gasteiger partial charge in [0.15, 0.2) is 0 Å². The average Bonchev–Trinajstić information content (AvgIpc) is 2.27. The van der Waals surface area contributed by atoms with Crippen molar-refractivity contribution in [2.75, 3.05) is 6.61 Å². The Morgan fingerprint density at radius 1 is 1.28 bits per heavy atom. The highest BCUT2D eigenvalue weighted by Crippen LogP contribution is 2.17. The summed E-state index contributed by atoms with van der Waals surface area (Å²) in [5.74, 6) is 0. The van der Waals surface area contributed by atoms with E-state index in [1.165, 1.54) is 0 Å². The van der Waals surface area contributed by atoms with Crippen molar-refractivity contribution in [2.24, 2.45) is 0 Å². The molecule has 4 nitrogen and oxygen atoms in total. The number of rotatable bonds is 4. The molecule has 1 N–H and O–H groups in total. The lowest BCUT2D eigenvalue weighted by Gasteiger charge is -2.23. The highest BCUT2D eigenvalue weighted by molar-refractivity contribution is 5.68. The lowest BCUT2D eigenvalue weighted by atomic mass is 10.0. The maximum atomic E-state index is 11.7.